The fourth-order valence-electron chi connectivity index (χ4n) is 3.48. The zero-order valence-electron chi connectivity index (χ0n) is 15.8. The third kappa shape index (κ3) is 3.95. The van der Waals surface area contributed by atoms with Crippen LogP contribution in [0.25, 0.3) is 33.0 Å². The van der Waals surface area contributed by atoms with E-state index in [1.807, 2.05) is 18.2 Å². The predicted octanol–water partition coefficient (Wildman–Crippen LogP) is 7.71. The molecule has 0 saturated carbocycles. The van der Waals surface area contributed by atoms with Crippen LogP contribution in [0.2, 0.25) is 0 Å². The van der Waals surface area contributed by atoms with Crippen LogP contribution in [0.1, 0.15) is 12.0 Å². The highest BCUT2D eigenvalue weighted by Crippen LogP contribution is 2.29. The number of aryl methyl sites for hydroxylation is 1. The molecule has 0 nitrogen and oxygen atoms in total. The van der Waals surface area contributed by atoms with Crippen LogP contribution in [0.5, 0.6) is 0 Å². The molecule has 4 aromatic rings. The fourth-order valence-corrected chi connectivity index (χ4v) is 3.48. The minimum Gasteiger partial charge on any atom is -0.204 e. The number of hydrogen-bond acceptors (Lipinski definition) is 0. The molecule has 0 aliphatic heterocycles. The van der Waals surface area contributed by atoms with Crippen molar-refractivity contribution in [2.75, 3.05) is 0 Å². The van der Waals surface area contributed by atoms with Gasteiger partial charge in [-0.25, -0.2) is 13.2 Å². The Bertz CT molecular complexity index is 1170. The lowest BCUT2D eigenvalue weighted by atomic mass is 9.97. The van der Waals surface area contributed by atoms with E-state index in [-0.39, 0.29) is 0 Å². The minimum absolute atomic E-state index is 0.304. The average molecular weight is 388 g/mol. The first-order valence-electron chi connectivity index (χ1n) is 9.44. The summed E-state index contributed by atoms with van der Waals surface area (Å²) in [6.45, 7) is 3.77. The first-order chi connectivity index (χ1) is 14.0. The zero-order chi connectivity index (χ0) is 20.4. The summed E-state index contributed by atoms with van der Waals surface area (Å²) >= 11 is 0. The molecule has 4 aromatic carbocycles. The Hall–Kier alpha value is -3.33. The van der Waals surface area contributed by atoms with E-state index in [9.17, 15) is 13.2 Å². The largest absolute Gasteiger partial charge is 0.204 e. The van der Waals surface area contributed by atoms with Gasteiger partial charge in [0.1, 0.15) is 0 Å². The molecule has 0 aliphatic rings. The number of fused-ring (bicyclic) bond motifs is 1. The number of hydrogen-bond donors (Lipinski definition) is 0. The van der Waals surface area contributed by atoms with E-state index >= 15 is 0 Å². The molecule has 0 fully saturated rings. The van der Waals surface area contributed by atoms with Gasteiger partial charge in [-0.15, -0.1) is 6.58 Å². The molecule has 0 saturated heterocycles. The van der Waals surface area contributed by atoms with E-state index < -0.39 is 17.5 Å². The van der Waals surface area contributed by atoms with Crippen molar-refractivity contribution >= 4 is 10.8 Å². The number of benzene rings is 4. The molecular weight excluding hydrogens is 369 g/mol. The Morgan fingerprint density at radius 2 is 1.17 bits per heavy atom. The Morgan fingerprint density at radius 1 is 0.621 bits per heavy atom. The summed E-state index contributed by atoms with van der Waals surface area (Å²) < 4.78 is 40.2. The van der Waals surface area contributed by atoms with Crippen LogP contribution in [0.3, 0.4) is 0 Å². The lowest BCUT2D eigenvalue weighted by Gasteiger charge is -2.08. The molecular formula is C26H19F3. The topological polar surface area (TPSA) is 0 Å². The maximum Gasteiger partial charge on any atom is 0.194 e. The monoisotopic (exact) mass is 388 g/mol. The molecule has 0 aliphatic carbocycles. The Balaban J connectivity index is 1.63. The molecule has 0 unspecified atom stereocenters. The summed E-state index contributed by atoms with van der Waals surface area (Å²) in [7, 11) is 0. The van der Waals surface area contributed by atoms with Gasteiger partial charge < -0.3 is 0 Å². The zero-order valence-corrected chi connectivity index (χ0v) is 15.8. The Labute approximate surface area is 167 Å². The van der Waals surface area contributed by atoms with E-state index in [1.54, 1.807) is 12.1 Å². The van der Waals surface area contributed by atoms with E-state index in [2.05, 4.69) is 43.0 Å². The molecule has 0 heterocycles. The molecule has 0 atom stereocenters. The molecule has 3 heteroatoms. The van der Waals surface area contributed by atoms with Crippen molar-refractivity contribution in [3.63, 3.8) is 0 Å². The standard InChI is InChI=1S/C26H19F3/c1-2-3-4-17-5-6-22-14-21(12-11-20(22)13-17)18-7-9-19(10-8-18)23-15-24(27)26(29)25(28)16-23/h2,5-16H,1,3-4H2. The molecule has 144 valence electrons. The van der Waals surface area contributed by atoms with E-state index in [0.29, 0.717) is 11.1 Å². The van der Waals surface area contributed by atoms with Gasteiger partial charge in [0.05, 0.1) is 0 Å². The van der Waals surface area contributed by atoms with Crippen LogP contribution in [-0.2, 0) is 6.42 Å². The summed E-state index contributed by atoms with van der Waals surface area (Å²) in [6, 6.07) is 22.1. The van der Waals surface area contributed by atoms with Gasteiger partial charge in [0, 0.05) is 0 Å². The molecule has 29 heavy (non-hydrogen) atoms. The second-order valence-electron chi connectivity index (χ2n) is 7.05. The summed E-state index contributed by atoms with van der Waals surface area (Å²) in [5.74, 6) is -3.83. The smallest absolute Gasteiger partial charge is 0.194 e. The normalized spacial score (nSPS) is 11.0. The SMILES string of the molecule is C=CCCc1ccc2cc(-c3ccc(-c4cc(F)c(F)c(F)c4)cc3)ccc2c1. The first-order valence-corrected chi connectivity index (χ1v) is 9.44. The maximum atomic E-state index is 13.5. The molecule has 0 radical (unpaired) electrons. The highest BCUT2D eigenvalue weighted by Gasteiger charge is 2.11. The Morgan fingerprint density at radius 3 is 1.83 bits per heavy atom. The number of halogens is 3. The minimum atomic E-state index is -1.45. The number of rotatable bonds is 5. The van der Waals surface area contributed by atoms with Gasteiger partial charge >= 0.3 is 0 Å². The van der Waals surface area contributed by atoms with Crippen molar-refractivity contribution in [2.24, 2.45) is 0 Å². The second-order valence-corrected chi connectivity index (χ2v) is 7.05. The number of allylic oxidation sites excluding steroid dienone is 1. The van der Waals surface area contributed by atoms with Crippen molar-refractivity contribution in [3.8, 4) is 22.3 Å². The van der Waals surface area contributed by atoms with Crippen molar-refractivity contribution in [3.05, 3.63) is 108 Å². The van der Waals surface area contributed by atoms with E-state index in [4.69, 9.17) is 0 Å². The van der Waals surface area contributed by atoms with Gasteiger partial charge in [-0.3, -0.25) is 0 Å². The molecule has 4 rings (SSSR count). The lowest BCUT2D eigenvalue weighted by Crippen LogP contribution is -1.91. The molecule has 0 amide bonds. The lowest BCUT2D eigenvalue weighted by molar-refractivity contribution is 0.448. The molecule has 0 spiro atoms. The molecule has 0 bridgehead atoms. The van der Waals surface area contributed by atoms with Gasteiger partial charge in [-0.1, -0.05) is 60.7 Å². The average Bonchev–Trinajstić information content (AvgIpc) is 2.75. The second kappa shape index (κ2) is 7.96. The van der Waals surface area contributed by atoms with Crippen LogP contribution in [0.15, 0.2) is 85.5 Å². The third-order valence-corrected chi connectivity index (χ3v) is 5.08. The van der Waals surface area contributed by atoms with E-state index in [0.717, 1.165) is 41.5 Å². The summed E-state index contributed by atoms with van der Waals surface area (Å²) in [5, 5.41) is 2.33. The van der Waals surface area contributed by atoms with Crippen molar-refractivity contribution in [1.82, 2.24) is 0 Å². The van der Waals surface area contributed by atoms with Gasteiger partial charge in [0.15, 0.2) is 17.5 Å². The summed E-state index contributed by atoms with van der Waals surface area (Å²) in [5.41, 5.74) is 4.26. The quantitative estimate of drug-likeness (QED) is 0.243. The van der Waals surface area contributed by atoms with Crippen LogP contribution >= 0.6 is 0 Å². The van der Waals surface area contributed by atoms with Gasteiger partial charge in [-0.05, 0) is 69.6 Å². The van der Waals surface area contributed by atoms with E-state index in [1.165, 1.54) is 10.9 Å². The molecule has 0 N–H and O–H groups in total. The van der Waals surface area contributed by atoms with Crippen molar-refractivity contribution < 1.29 is 13.2 Å². The third-order valence-electron chi connectivity index (χ3n) is 5.08. The predicted molar refractivity (Wildman–Crippen MR) is 113 cm³/mol. The van der Waals surface area contributed by atoms with Crippen LogP contribution in [-0.4, -0.2) is 0 Å². The Kier molecular flexibility index (Phi) is 5.22. The van der Waals surface area contributed by atoms with Crippen LogP contribution < -0.4 is 0 Å². The molecule has 0 aromatic heterocycles. The fraction of sp³-hybridized carbons (Fsp3) is 0.0769. The van der Waals surface area contributed by atoms with Crippen LogP contribution in [0, 0.1) is 17.5 Å². The highest BCUT2D eigenvalue weighted by atomic mass is 19.2. The van der Waals surface area contributed by atoms with Gasteiger partial charge in [-0.2, -0.15) is 0 Å². The summed E-state index contributed by atoms with van der Waals surface area (Å²) in [4.78, 5) is 0. The first kappa shape index (κ1) is 19.0. The van der Waals surface area contributed by atoms with Gasteiger partial charge in [0.2, 0.25) is 0 Å². The van der Waals surface area contributed by atoms with Crippen molar-refractivity contribution in [1.29, 1.82) is 0 Å². The maximum absolute atomic E-state index is 13.5. The van der Waals surface area contributed by atoms with Gasteiger partial charge in [0.25, 0.3) is 0 Å². The van der Waals surface area contributed by atoms with Crippen molar-refractivity contribution in [2.45, 2.75) is 12.8 Å². The highest BCUT2D eigenvalue weighted by molar-refractivity contribution is 5.88. The summed E-state index contributed by atoms with van der Waals surface area (Å²) in [6.07, 6.45) is 3.86. The van der Waals surface area contributed by atoms with Crippen LogP contribution in [0.4, 0.5) is 13.2 Å².